The molecule has 0 radical (unpaired) electrons. The van der Waals surface area contributed by atoms with Crippen LogP contribution in [0.3, 0.4) is 0 Å². The van der Waals surface area contributed by atoms with Gasteiger partial charge in [0, 0.05) is 23.9 Å². The molecule has 2 atom stereocenters. The van der Waals surface area contributed by atoms with Gasteiger partial charge in [-0.1, -0.05) is 18.9 Å². The number of carbonyl (C=O) groups excluding carboxylic acids is 2. The number of hydrogen-bond acceptors (Lipinski definition) is 11. The van der Waals surface area contributed by atoms with Crippen molar-refractivity contribution in [2.45, 2.75) is 62.6 Å². The van der Waals surface area contributed by atoms with Gasteiger partial charge in [0.1, 0.15) is 43.0 Å². The van der Waals surface area contributed by atoms with Gasteiger partial charge >= 0.3 is 12.4 Å². The Morgan fingerprint density at radius 2 is 1.73 bits per heavy atom. The predicted octanol–water partition coefficient (Wildman–Crippen LogP) is 5.23. The number of anilines is 1. The molecule has 3 N–H and O–H groups in total. The van der Waals surface area contributed by atoms with Crippen molar-refractivity contribution in [3.8, 4) is 17.0 Å². The summed E-state index contributed by atoms with van der Waals surface area (Å²) in [5, 5.41) is 28.1. The van der Waals surface area contributed by atoms with Crippen LogP contribution in [0.25, 0.3) is 11.3 Å². The molecular formula is C38H40F8N7O6+. The summed E-state index contributed by atoms with van der Waals surface area (Å²) in [6, 6.07) is 4.80. The normalized spacial score (nSPS) is 23.8. The molecule has 4 fully saturated rings. The highest BCUT2D eigenvalue weighted by Gasteiger charge is 2.53. The SMILES string of the molecule is CN1N(Cc2ccc(OCC[N+]34CCN(CC3)C(OC=O)C4)c(F)c2F)C(=O)C(C(O)Nc2ccc(C(F)(F)F)cc2-c2cc(C(F)(F)F)ncn2)=C(O)C12CCCC2. The van der Waals surface area contributed by atoms with Crippen LogP contribution in [-0.2, 0) is 33.2 Å². The second-order valence-corrected chi connectivity index (χ2v) is 15.1. The van der Waals surface area contributed by atoms with Crippen LogP contribution in [0.15, 0.2) is 54.1 Å². The molecule has 1 amide bonds. The Labute approximate surface area is 332 Å². The molecule has 4 aliphatic heterocycles. The number of piperazine rings is 3. The number of hydrogen-bond donors (Lipinski definition) is 3. The first-order valence-electron chi connectivity index (χ1n) is 18.7. The molecule has 1 aliphatic carbocycles. The Morgan fingerprint density at radius 1 is 1.02 bits per heavy atom. The number of ether oxygens (including phenoxy) is 2. The second kappa shape index (κ2) is 15.8. The number of quaternary nitrogens is 1. The van der Waals surface area contributed by atoms with Crippen molar-refractivity contribution >= 4 is 18.1 Å². The van der Waals surface area contributed by atoms with Gasteiger partial charge in [0.15, 0.2) is 17.8 Å². The molecule has 1 aromatic heterocycles. The zero-order valence-electron chi connectivity index (χ0n) is 31.5. The summed E-state index contributed by atoms with van der Waals surface area (Å²) in [5.74, 6) is -4.66. The lowest BCUT2D eigenvalue weighted by atomic mass is 9.87. The van der Waals surface area contributed by atoms with E-state index in [1.165, 1.54) is 24.2 Å². The fourth-order valence-corrected chi connectivity index (χ4v) is 8.54. The van der Waals surface area contributed by atoms with Crippen LogP contribution in [0.4, 0.5) is 40.8 Å². The maximum Gasteiger partial charge on any atom is 0.433 e. The molecule has 5 heterocycles. The quantitative estimate of drug-likeness (QED) is 0.0957. The number of halogens is 8. The minimum atomic E-state index is -4.98. The van der Waals surface area contributed by atoms with E-state index in [1.807, 2.05) is 0 Å². The van der Waals surface area contributed by atoms with Gasteiger partial charge in [-0.15, -0.1) is 0 Å². The van der Waals surface area contributed by atoms with Crippen LogP contribution >= 0.6 is 0 Å². The van der Waals surface area contributed by atoms with E-state index in [1.54, 1.807) is 0 Å². The van der Waals surface area contributed by atoms with Gasteiger partial charge in [0.25, 0.3) is 12.4 Å². The minimum absolute atomic E-state index is 0.0269. The number of nitrogens with zero attached hydrogens (tertiary/aromatic N) is 6. The number of amides is 1. The van der Waals surface area contributed by atoms with E-state index >= 15 is 8.78 Å². The monoisotopic (exact) mass is 842 g/mol. The number of rotatable bonds is 12. The van der Waals surface area contributed by atoms with Gasteiger partial charge in [-0.25, -0.2) is 19.4 Å². The third-order valence-corrected chi connectivity index (χ3v) is 11.9. The molecule has 21 heteroatoms. The summed E-state index contributed by atoms with van der Waals surface area (Å²) in [4.78, 5) is 34.1. The molecule has 1 spiro atoms. The maximum atomic E-state index is 15.8. The topological polar surface area (TPSA) is 141 Å². The first-order chi connectivity index (χ1) is 27.9. The summed E-state index contributed by atoms with van der Waals surface area (Å²) in [7, 11) is 1.46. The average molecular weight is 843 g/mol. The summed E-state index contributed by atoms with van der Waals surface area (Å²) in [6.45, 7) is 3.76. The van der Waals surface area contributed by atoms with E-state index in [2.05, 4.69) is 20.2 Å². The zero-order valence-corrected chi connectivity index (χ0v) is 31.5. The summed E-state index contributed by atoms with van der Waals surface area (Å²) < 4.78 is 125. The number of carbonyl (C=O) groups is 2. The van der Waals surface area contributed by atoms with Crippen molar-refractivity contribution in [2.75, 3.05) is 58.2 Å². The molecule has 3 saturated heterocycles. The first-order valence-corrected chi connectivity index (χ1v) is 18.7. The lowest BCUT2D eigenvalue weighted by molar-refractivity contribution is -0.947. The van der Waals surface area contributed by atoms with Crippen molar-refractivity contribution in [1.29, 1.82) is 0 Å². The van der Waals surface area contributed by atoms with E-state index in [9.17, 15) is 46.1 Å². The molecule has 2 aromatic carbocycles. The van der Waals surface area contributed by atoms with E-state index in [0.29, 0.717) is 74.5 Å². The van der Waals surface area contributed by atoms with Crippen molar-refractivity contribution in [3.63, 3.8) is 0 Å². The van der Waals surface area contributed by atoms with Crippen LogP contribution in [0.1, 0.15) is 42.5 Å². The number of aromatic nitrogens is 2. The van der Waals surface area contributed by atoms with E-state index in [-0.39, 0.29) is 42.7 Å². The number of aliphatic hydroxyl groups excluding tert-OH is 2. The Balaban J connectivity index is 1.14. The average Bonchev–Trinajstić information content (AvgIpc) is 3.70. The fourth-order valence-electron chi connectivity index (χ4n) is 8.54. The van der Waals surface area contributed by atoms with Crippen LogP contribution in [0.2, 0.25) is 0 Å². The van der Waals surface area contributed by atoms with E-state index in [4.69, 9.17) is 9.47 Å². The molecule has 5 aliphatic rings. The summed E-state index contributed by atoms with van der Waals surface area (Å²) in [5.41, 5.74) is -6.51. The van der Waals surface area contributed by atoms with E-state index in [0.717, 1.165) is 24.2 Å². The highest BCUT2D eigenvalue weighted by atomic mass is 19.4. The molecule has 8 rings (SSSR count). The number of alkyl halides is 6. The molecule has 1 saturated carbocycles. The molecule has 59 heavy (non-hydrogen) atoms. The molecule has 13 nitrogen and oxygen atoms in total. The van der Waals surface area contributed by atoms with Crippen molar-refractivity contribution in [2.24, 2.45) is 0 Å². The number of benzene rings is 2. The standard InChI is InChI=1S/C38H39F8N7O6/c1-50-36(8-2-3-9-36)33(55)30(34(56)49-25-6-5-23(37(41,42)43)16-24(25)26-17-28(38(44,45)46)48-20-47-26)35(57)52(50)18-22-4-7-27(32(40)31(22)39)58-15-14-53-12-10-51(11-13-53)29(19-53)59-21-54/h4-7,16-17,20-21,29,34,56H,2-3,8-15,18-19H2,1H3,(H-,47,48,49,55,57)/p+1. The lowest BCUT2D eigenvalue weighted by Crippen LogP contribution is -2.72. The smallest absolute Gasteiger partial charge is 0.433 e. The lowest BCUT2D eigenvalue weighted by Gasteiger charge is -2.53. The first kappa shape index (κ1) is 42.0. The Morgan fingerprint density at radius 3 is 2.39 bits per heavy atom. The van der Waals surface area contributed by atoms with Gasteiger partial charge in [-0.05, 0) is 43.2 Å². The highest BCUT2D eigenvalue weighted by Crippen LogP contribution is 2.46. The highest BCUT2D eigenvalue weighted by molar-refractivity contribution is 5.96. The molecule has 2 unspecified atom stereocenters. The second-order valence-electron chi connectivity index (χ2n) is 15.1. The maximum absolute atomic E-state index is 15.8. The fraction of sp³-hybridized carbons (Fsp3) is 0.474. The number of likely N-dealkylation sites (N-methyl/N-ethyl adjacent to an activating group) is 1. The Hall–Kier alpha value is -5.12. The number of hydrazine groups is 1. The van der Waals surface area contributed by atoms with Crippen LogP contribution in [0.5, 0.6) is 5.75 Å². The van der Waals surface area contributed by atoms with Crippen molar-refractivity contribution < 1.29 is 68.9 Å². The van der Waals surface area contributed by atoms with Gasteiger partial charge < -0.3 is 29.5 Å². The molecular weight excluding hydrogens is 802 g/mol. The largest absolute Gasteiger partial charge is 0.510 e. The van der Waals surface area contributed by atoms with Crippen LogP contribution in [-0.4, -0.2) is 123 Å². The summed E-state index contributed by atoms with van der Waals surface area (Å²) in [6.07, 6.45) is -10.3. The van der Waals surface area contributed by atoms with Gasteiger partial charge in [-0.2, -0.15) is 30.7 Å². The van der Waals surface area contributed by atoms with Crippen LogP contribution < -0.4 is 10.1 Å². The number of fused-ring (bicyclic) bond motifs is 3. The van der Waals surface area contributed by atoms with E-state index < -0.39 is 82.1 Å². The minimum Gasteiger partial charge on any atom is -0.510 e. The van der Waals surface area contributed by atoms with Gasteiger partial charge in [-0.3, -0.25) is 19.5 Å². The number of aliphatic hydroxyl groups is 2. The Bertz CT molecular complexity index is 2120. The van der Waals surface area contributed by atoms with Gasteiger partial charge in [0.05, 0.1) is 49.5 Å². The molecule has 2 bridgehead atoms. The number of nitrogens with one attached hydrogen (secondary N) is 1. The summed E-state index contributed by atoms with van der Waals surface area (Å²) >= 11 is 0. The van der Waals surface area contributed by atoms with Crippen LogP contribution in [0, 0.1) is 11.6 Å². The molecule has 3 aromatic rings. The van der Waals surface area contributed by atoms with Crippen molar-refractivity contribution in [1.82, 2.24) is 24.9 Å². The Kier molecular flexibility index (Phi) is 11.3. The third kappa shape index (κ3) is 7.99. The van der Waals surface area contributed by atoms with Crippen molar-refractivity contribution in [3.05, 3.63) is 82.5 Å². The molecule has 318 valence electrons. The predicted molar refractivity (Wildman–Crippen MR) is 190 cm³/mol. The zero-order chi connectivity index (χ0) is 42.5. The van der Waals surface area contributed by atoms with Gasteiger partial charge in [0.2, 0.25) is 12.0 Å². The third-order valence-electron chi connectivity index (χ3n) is 11.9.